The fourth-order valence-electron chi connectivity index (χ4n) is 3.94. The summed E-state index contributed by atoms with van der Waals surface area (Å²) in [7, 11) is 0. The van der Waals surface area contributed by atoms with Crippen molar-refractivity contribution in [2.75, 3.05) is 0 Å². The summed E-state index contributed by atoms with van der Waals surface area (Å²) in [4.78, 5) is 0.894. The number of hydrogen-bond donors (Lipinski definition) is 0. The summed E-state index contributed by atoms with van der Waals surface area (Å²) in [6, 6.07) is 10.8. The molecule has 6 heteroatoms. The molecular formula is C23H33F3OSSn. The van der Waals surface area contributed by atoms with Gasteiger partial charge in [0.25, 0.3) is 0 Å². The normalized spacial score (nSPS) is 12.3. The number of rotatable bonds is 12. The molecule has 0 unspecified atom stereocenters. The van der Waals surface area contributed by atoms with Crippen molar-refractivity contribution >= 4 is 32.6 Å². The van der Waals surface area contributed by atoms with E-state index in [1.807, 2.05) is 6.07 Å². The van der Waals surface area contributed by atoms with Crippen LogP contribution >= 0.6 is 11.3 Å². The fourth-order valence-corrected chi connectivity index (χ4v) is 24.1. The van der Waals surface area contributed by atoms with Gasteiger partial charge in [-0.1, -0.05) is 0 Å². The Morgan fingerprint density at radius 3 is 1.90 bits per heavy atom. The molecule has 0 amide bonds. The number of hydrogen-bond acceptors (Lipinski definition) is 2. The average molecular weight is 533 g/mol. The van der Waals surface area contributed by atoms with Gasteiger partial charge in [0.05, 0.1) is 0 Å². The summed E-state index contributed by atoms with van der Waals surface area (Å²) < 4.78 is 48.4. The Balaban J connectivity index is 2.42. The van der Waals surface area contributed by atoms with Gasteiger partial charge in [-0.15, -0.1) is 0 Å². The number of halogens is 3. The summed E-state index contributed by atoms with van der Waals surface area (Å²) in [5, 5.41) is 0. The van der Waals surface area contributed by atoms with E-state index in [2.05, 4.69) is 31.6 Å². The number of unbranched alkanes of at least 4 members (excludes halogenated alkanes) is 3. The molecule has 0 saturated carbocycles. The first-order valence-electron chi connectivity index (χ1n) is 10.8. The molecule has 0 aliphatic heterocycles. The Morgan fingerprint density at radius 2 is 1.38 bits per heavy atom. The van der Waals surface area contributed by atoms with Crippen LogP contribution in [0.15, 0.2) is 36.4 Å². The first-order valence-corrected chi connectivity index (χ1v) is 19.1. The van der Waals surface area contributed by atoms with E-state index >= 15 is 0 Å². The van der Waals surface area contributed by atoms with E-state index in [0.717, 1.165) is 4.88 Å². The minimum absolute atomic E-state index is 0.107. The van der Waals surface area contributed by atoms with Gasteiger partial charge < -0.3 is 0 Å². The molecule has 0 spiro atoms. The van der Waals surface area contributed by atoms with Crippen molar-refractivity contribution in [3.05, 3.63) is 36.4 Å². The van der Waals surface area contributed by atoms with Gasteiger partial charge in [0, 0.05) is 0 Å². The molecule has 1 aromatic carbocycles. The standard InChI is InChI=1S/C11H6F3OS.3C4H9.Sn/c12-11(13,14)15-9-5-2-1-4-8(9)10-6-3-7-16-10;3*1-3-4-2;/h1-6H;3*1,3-4H2,2H3;. The fraction of sp³-hybridized carbons (Fsp3) is 0.565. The van der Waals surface area contributed by atoms with Gasteiger partial charge in [-0.25, -0.2) is 0 Å². The number of para-hydroxylation sites is 1. The molecule has 0 saturated heterocycles. The summed E-state index contributed by atoms with van der Waals surface area (Å²) in [6.07, 6.45) is 2.74. The summed E-state index contributed by atoms with van der Waals surface area (Å²) in [5.41, 5.74) is 0.544. The third-order valence-electron chi connectivity index (χ3n) is 5.53. The zero-order valence-corrected chi connectivity index (χ0v) is 21.4. The second-order valence-electron chi connectivity index (χ2n) is 7.80. The Kier molecular flexibility index (Phi) is 9.86. The van der Waals surface area contributed by atoms with Gasteiger partial charge >= 0.3 is 182 Å². The van der Waals surface area contributed by atoms with E-state index < -0.39 is 24.7 Å². The van der Waals surface area contributed by atoms with Gasteiger partial charge in [0.1, 0.15) is 0 Å². The van der Waals surface area contributed by atoms with Crippen molar-refractivity contribution in [3.63, 3.8) is 0 Å². The molecule has 1 heterocycles. The third kappa shape index (κ3) is 7.19. The molecule has 0 aliphatic rings. The number of alkyl halides is 3. The van der Waals surface area contributed by atoms with Crippen LogP contribution < -0.4 is 7.63 Å². The quantitative estimate of drug-likeness (QED) is 0.249. The molecule has 0 bridgehead atoms. The van der Waals surface area contributed by atoms with Crippen molar-refractivity contribution in [2.24, 2.45) is 0 Å². The summed E-state index contributed by atoms with van der Waals surface area (Å²) >= 11 is -0.839. The molecule has 0 atom stereocenters. The maximum absolute atomic E-state index is 12.8. The molecule has 0 radical (unpaired) electrons. The number of thiophene rings is 1. The molecule has 0 aliphatic carbocycles. The van der Waals surface area contributed by atoms with E-state index in [1.54, 1.807) is 29.5 Å². The van der Waals surface area contributed by atoms with Crippen molar-refractivity contribution in [1.82, 2.24) is 0 Å². The van der Waals surface area contributed by atoms with E-state index in [4.69, 9.17) is 0 Å². The average Bonchev–Trinajstić information content (AvgIpc) is 3.17. The zero-order valence-electron chi connectivity index (χ0n) is 17.8. The molecule has 2 rings (SSSR count). The third-order valence-corrected chi connectivity index (χ3v) is 24.9. The van der Waals surface area contributed by atoms with Crippen LogP contribution in [-0.2, 0) is 0 Å². The van der Waals surface area contributed by atoms with Crippen LogP contribution in [0.25, 0.3) is 10.4 Å². The first-order chi connectivity index (χ1) is 13.8. The topological polar surface area (TPSA) is 9.23 Å². The minimum atomic E-state index is -4.68. The first kappa shape index (κ1) is 24.6. The summed E-state index contributed by atoms with van der Waals surface area (Å²) in [6.45, 7) is 6.75. The second-order valence-corrected chi connectivity index (χ2v) is 23.0. The van der Waals surface area contributed by atoms with Crippen LogP contribution in [0.2, 0.25) is 13.3 Å². The Labute approximate surface area is 181 Å². The molecule has 162 valence electrons. The summed E-state index contributed by atoms with van der Waals surface area (Å²) in [5.74, 6) is -0.107. The molecule has 29 heavy (non-hydrogen) atoms. The van der Waals surface area contributed by atoms with Crippen LogP contribution in [0, 0.1) is 0 Å². The van der Waals surface area contributed by atoms with Crippen molar-refractivity contribution in [2.45, 2.75) is 79.0 Å². The van der Waals surface area contributed by atoms with Crippen LogP contribution in [0.1, 0.15) is 59.3 Å². The van der Waals surface area contributed by atoms with Gasteiger partial charge in [-0.2, -0.15) is 0 Å². The van der Waals surface area contributed by atoms with Crippen molar-refractivity contribution in [3.8, 4) is 16.2 Å². The van der Waals surface area contributed by atoms with Crippen LogP contribution in [0.4, 0.5) is 13.2 Å². The Bertz CT molecular complexity index is 720. The molecular weight excluding hydrogens is 500 g/mol. The second kappa shape index (κ2) is 11.6. The van der Waals surface area contributed by atoms with E-state index in [9.17, 15) is 13.2 Å². The van der Waals surface area contributed by atoms with Gasteiger partial charge in [-0.3, -0.25) is 0 Å². The van der Waals surface area contributed by atoms with E-state index in [0.29, 0.717) is 5.56 Å². The van der Waals surface area contributed by atoms with Gasteiger partial charge in [-0.05, 0) is 0 Å². The van der Waals surface area contributed by atoms with Gasteiger partial charge in [0.15, 0.2) is 0 Å². The number of benzene rings is 1. The van der Waals surface area contributed by atoms with Crippen LogP contribution in [0.3, 0.4) is 0 Å². The van der Waals surface area contributed by atoms with E-state index in [1.165, 1.54) is 60.8 Å². The van der Waals surface area contributed by atoms with Crippen molar-refractivity contribution < 1.29 is 17.9 Å². The monoisotopic (exact) mass is 534 g/mol. The molecule has 1 nitrogen and oxygen atoms in total. The van der Waals surface area contributed by atoms with Gasteiger partial charge in [0.2, 0.25) is 0 Å². The number of ether oxygens (including phenoxy) is 1. The molecule has 0 fully saturated rings. The molecule has 1 aromatic heterocycles. The predicted molar refractivity (Wildman–Crippen MR) is 121 cm³/mol. The van der Waals surface area contributed by atoms with Crippen LogP contribution in [0.5, 0.6) is 5.75 Å². The van der Waals surface area contributed by atoms with E-state index in [-0.39, 0.29) is 5.75 Å². The Hall–Kier alpha value is -0.691. The zero-order chi connectivity index (χ0) is 21.3. The Morgan fingerprint density at radius 1 is 0.828 bits per heavy atom. The molecule has 2 aromatic rings. The SMILES string of the molecule is CCC[CH2][Sn]([CH2]CCC)([CH2]CCC)[c]1ccc(-c2ccccc2OC(F)(F)F)s1. The van der Waals surface area contributed by atoms with Crippen LogP contribution in [-0.4, -0.2) is 24.7 Å². The predicted octanol–water partition coefficient (Wildman–Crippen LogP) is 8.37. The van der Waals surface area contributed by atoms with Crippen molar-refractivity contribution in [1.29, 1.82) is 0 Å². The maximum atomic E-state index is 12.8. The molecule has 0 N–H and O–H groups in total.